The lowest BCUT2D eigenvalue weighted by molar-refractivity contribution is 0.0961. The normalized spacial score (nSPS) is 13.3. The van der Waals surface area contributed by atoms with E-state index in [0.717, 1.165) is 0 Å². The summed E-state index contributed by atoms with van der Waals surface area (Å²) in [6.07, 6.45) is 0. The first-order valence-electron chi connectivity index (χ1n) is 5.14. The molecule has 0 fully saturated rings. The molecule has 0 radical (unpaired) electrons. The second-order valence-corrected chi connectivity index (χ2v) is 6.08. The molecule has 0 saturated heterocycles. The van der Waals surface area contributed by atoms with Gasteiger partial charge < -0.3 is 10.8 Å². The van der Waals surface area contributed by atoms with Crippen molar-refractivity contribution in [1.29, 1.82) is 0 Å². The van der Waals surface area contributed by atoms with Gasteiger partial charge >= 0.3 is 0 Å². The quantitative estimate of drug-likeness (QED) is 0.582. The fourth-order valence-corrected chi connectivity index (χ4v) is 2.53. The Morgan fingerprint density at radius 1 is 1.47 bits per heavy atom. The Morgan fingerprint density at radius 3 is 2.59 bits per heavy atom. The van der Waals surface area contributed by atoms with Crippen LogP contribution in [0.1, 0.15) is 17.3 Å². The van der Waals surface area contributed by atoms with Crippen LogP contribution in [0.15, 0.2) is 24.3 Å². The summed E-state index contributed by atoms with van der Waals surface area (Å²) in [5.41, 5.74) is 6.09. The number of sulfone groups is 1. The third kappa shape index (κ3) is 3.04. The molecular formula is C11H15NO4S. The van der Waals surface area contributed by atoms with Gasteiger partial charge in [0.1, 0.15) is 5.25 Å². The Bertz CT molecular complexity index is 510. The van der Waals surface area contributed by atoms with E-state index in [1.54, 1.807) is 12.1 Å². The molecule has 5 nitrogen and oxygen atoms in total. The van der Waals surface area contributed by atoms with Gasteiger partial charge in [-0.1, -0.05) is 19.1 Å². The highest BCUT2D eigenvalue weighted by Crippen LogP contribution is 2.13. The van der Waals surface area contributed by atoms with Crippen LogP contribution >= 0.6 is 0 Å². The van der Waals surface area contributed by atoms with Crippen molar-refractivity contribution in [2.75, 3.05) is 18.1 Å². The first kappa shape index (κ1) is 13.7. The second-order valence-electron chi connectivity index (χ2n) is 3.61. The smallest absolute Gasteiger partial charge is 0.183 e. The summed E-state index contributed by atoms with van der Waals surface area (Å²) in [6.45, 7) is 0.717. The number of hydrogen-bond acceptors (Lipinski definition) is 5. The lowest BCUT2D eigenvalue weighted by Gasteiger charge is -2.13. The van der Waals surface area contributed by atoms with Gasteiger partial charge in [-0.25, -0.2) is 8.42 Å². The predicted octanol–water partition coefficient (Wildman–Crippen LogP) is 0.247. The molecule has 0 amide bonds. The van der Waals surface area contributed by atoms with Crippen LogP contribution in [0.5, 0.6) is 0 Å². The standard InChI is InChI=1S/C11H15NO4S/c1-2-17(15,16)10(7-13)11(14)8-4-3-5-9(12)6-8/h3-6,10,13H,2,7,12H2,1H3/t10-/m0/s1. The van der Waals surface area contributed by atoms with Crippen molar-refractivity contribution < 1.29 is 18.3 Å². The number of anilines is 1. The van der Waals surface area contributed by atoms with Crippen LogP contribution < -0.4 is 5.73 Å². The van der Waals surface area contributed by atoms with Crippen LogP contribution in [0.3, 0.4) is 0 Å². The molecule has 0 aliphatic carbocycles. The van der Waals surface area contributed by atoms with Crippen LogP contribution in [0.25, 0.3) is 0 Å². The topological polar surface area (TPSA) is 97.5 Å². The van der Waals surface area contributed by atoms with Gasteiger partial charge in [-0.2, -0.15) is 0 Å². The van der Waals surface area contributed by atoms with Gasteiger partial charge in [0, 0.05) is 17.0 Å². The van der Waals surface area contributed by atoms with Crippen molar-refractivity contribution in [3.8, 4) is 0 Å². The van der Waals surface area contributed by atoms with E-state index in [1.807, 2.05) is 0 Å². The molecule has 6 heteroatoms. The molecule has 0 aliphatic heterocycles. The highest BCUT2D eigenvalue weighted by atomic mass is 32.2. The number of benzene rings is 1. The maximum Gasteiger partial charge on any atom is 0.183 e. The van der Waals surface area contributed by atoms with Gasteiger partial charge in [0.15, 0.2) is 15.6 Å². The summed E-state index contributed by atoms with van der Waals surface area (Å²) < 4.78 is 23.2. The third-order valence-electron chi connectivity index (χ3n) is 2.47. The van der Waals surface area contributed by atoms with E-state index in [0.29, 0.717) is 5.69 Å². The van der Waals surface area contributed by atoms with Gasteiger partial charge in [-0.3, -0.25) is 4.79 Å². The number of rotatable bonds is 5. The third-order valence-corrected chi connectivity index (χ3v) is 4.50. The summed E-state index contributed by atoms with van der Waals surface area (Å²) in [6, 6.07) is 6.04. The number of Topliss-reactive ketones (excluding diaryl/α,β-unsaturated/α-hetero) is 1. The average molecular weight is 257 g/mol. The summed E-state index contributed by atoms with van der Waals surface area (Å²) in [5.74, 6) is -0.812. The van der Waals surface area contributed by atoms with Crippen molar-refractivity contribution in [2.24, 2.45) is 0 Å². The highest BCUT2D eigenvalue weighted by molar-refractivity contribution is 7.92. The largest absolute Gasteiger partial charge is 0.399 e. The molecule has 1 aromatic rings. The van der Waals surface area contributed by atoms with E-state index < -0.39 is 27.5 Å². The molecule has 1 aromatic carbocycles. The zero-order valence-corrected chi connectivity index (χ0v) is 10.3. The van der Waals surface area contributed by atoms with E-state index in [4.69, 9.17) is 10.8 Å². The number of aliphatic hydroxyl groups excluding tert-OH is 1. The van der Waals surface area contributed by atoms with Gasteiger partial charge in [0.05, 0.1) is 6.61 Å². The fraction of sp³-hybridized carbons (Fsp3) is 0.364. The van der Waals surface area contributed by atoms with Crippen LogP contribution in [-0.2, 0) is 9.84 Å². The fourth-order valence-electron chi connectivity index (χ4n) is 1.44. The Hall–Kier alpha value is -1.40. The van der Waals surface area contributed by atoms with Crippen LogP contribution in [0, 0.1) is 0 Å². The number of ketones is 1. The Labute approximate surface area is 100 Å². The predicted molar refractivity (Wildman–Crippen MR) is 65.5 cm³/mol. The summed E-state index contributed by atoms with van der Waals surface area (Å²) in [7, 11) is -3.61. The minimum atomic E-state index is -3.61. The molecule has 0 saturated carbocycles. The molecule has 0 bridgehead atoms. The van der Waals surface area contributed by atoms with Gasteiger partial charge in [-0.15, -0.1) is 0 Å². The molecule has 0 heterocycles. The van der Waals surface area contributed by atoms with Crippen molar-refractivity contribution >= 4 is 21.3 Å². The van der Waals surface area contributed by atoms with Gasteiger partial charge in [-0.05, 0) is 12.1 Å². The van der Waals surface area contributed by atoms with E-state index in [9.17, 15) is 13.2 Å². The zero-order chi connectivity index (χ0) is 13.1. The van der Waals surface area contributed by atoms with Crippen LogP contribution in [0.4, 0.5) is 5.69 Å². The molecule has 17 heavy (non-hydrogen) atoms. The molecular weight excluding hydrogens is 242 g/mol. The second kappa shape index (κ2) is 5.29. The first-order valence-corrected chi connectivity index (χ1v) is 6.86. The molecule has 1 rings (SSSR count). The zero-order valence-electron chi connectivity index (χ0n) is 9.46. The van der Waals surface area contributed by atoms with Crippen LogP contribution in [-0.4, -0.2) is 36.9 Å². The number of aliphatic hydroxyl groups is 1. The average Bonchev–Trinajstić information content (AvgIpc) is 2.29. The minimum absolute atomic E-state index is 0.188. The van der Waals surface area contributed by atoms with Crippen molar-refractivity contribution in [2.45, 2.75) is 12.2 Å². The lowest BCUT2D eigenvalue weighted by atomic mass is 10.1. The monoisotopic (exact) mass is 257 g/mol. The van der Waals surface area contributed by atoms with Crippen molar-refractivity contribution in [3.05, 3.63) is 29.8 Å². The van der Waals surface area contributed by atoms with Crippen molar-refractivity contribution in [1.82, 2.24) is 0 Å². The van der Waals surface area contributed by atoms with E-state index in [2.05, 4.69) is 0 Å². The number of nitrogen functional groups attached to an aromatic ring is 1. The van der Waals surface area contributed by atoms with Crippen LogP contribution in [0.2, 0.25) is 0 Å². The number of carbonyl (C=O) groups is 1. The molecule has 3 N–H and O–H groups in total. The van der Waals surface area contributed by atoms with Crippen molar-refractivity contribution in [3.63, 3.8) is 0 Å². The molecule has 0 aromatic heterocycles. The molecule has 0 spiro atoms. The summed E-state index contributed by atoms with van der Waals surface area (Å²) in [5, 5.41) is 7.65. The Morgan fingerprint density at radius 2 is 2.12 bits per heavy atom. The Kier molecular flexibility index (Phi) is 4.25. The van der Waals surface area contributed by atoms with E-state index in [1.165, 1.54) is 19.1 Å². The number of hydrogen-bond donors (Lipinski definition) is 2. The minimum Gasteiger partial charge on any atom is -0.399 e. The van der Waals surface area contributed by atoms with Gasteiger partial charge in [0.25, 0.3) is 0 Å². The SMILES string of the molecule is CCS(=O)(=O)[C@@H](CO)C(=O)c1cccc(N)c1. The lowest BCUT2D eigenvalue weighted by Crippen LogP contribution is -2.35. The Balaban J connectivity index is 3.11. The molecule has 94 valence electrons. The maximum atomic E-state index is 11.9. The molecule has 0 aliphatic rings. The highest BCUT2D eigenvalue weighted by Gasteiger charge is 2.31. The van der Waals surface area contributed by atoms with E-state index >= 15 is 0 Å². The maximum absolute atomic E-state index is 11.9. The summed E-state index contributed by atoms with van der Waals surface area (Å²) >= 11 is 0. The number of carbonyl (C=O) groups excluding carboxylic acids is 1. The van der Waals surface area contributed by atoms with Gasteiger partial charge in [0.2, 0.25) is 0 Å². The molecule has 0 unspecified atom stereocenters. The van der Waals surface area contributed by atoms with E-state index in [-0.39, 0.29) is 11.3 Å². The number of nitrogens with two attached hydrogens (primary N) is 1. The first-order chi connectivity index (χ1) is 7.92. The summed E-state index contributed by atoms with van der Waals surface area (Å²) in [4.78, 5) is 11.9. The molecule has 1 atom stereocenters.